The number of hydrogen-bond acceptors (Lipinski definition) is 2. The van der Waals surface area contributed by atoms with Crippen molar-refractivity contribution in [1.82, 2.24) is 10.3 Å². The molecule has 2 aromatic rings. The second kappa shape index (κ2) is 5.19. The number of aromatic nitrogens is 1. The van der Waals surface area contributed by atoms with Gasteiger partial charge in [-0.15, -0.1) is 0 Å². The highest BCUT2D eigenvalue weighted by molar-refractivity contribution is 6.07. The Morgan fingerprint density at radius 3 is 3.00 bits per heavy atom. The Kier molecular flexibility index (Phi) is 3.38. The maximum absolute atomic E-state index is 12.4. The summed E-state index contributed by atoms with van der Waals surface area (Å²) in [6.07, 6.45) is 6.50. The molecule has 0 saturated heterocycles. The number of benzene rings is 1. The van der Waals surface area contributed by atoms with Crippen molar-refractivity contribution in [2.75, 3.05) is 5.73 Å². The van der Waals surface area contributed by atoms with Gasteiger partial charge in [0.2, 0.25) is 0 Å². The summed E-state index contributed by atoms with van der Waals surface area (Å²) < 4.78 is 0. The average Bonchev–Trinajstić information content (AvgIpc) is 3.15. The van der Waals surface area contributed by atoms with E-state index in [1.165, 1.54) is 12.8 Å². The molecule has 1 atom stereocenters. The van der Waals surface area contributed by atoms with E-state index in [4.69, 9.17) is 5.73 Å². The van der Waals surface area contributed by atoms with Gasteiger partial charge in [-0.1, -0.05) is 19.8 Å². The highest BCUT2D eigenvalue weighted by atomic mass is 16.1. The van der Waals surface area contributed by atoms with Gasteiger partial charge < -0.3 is 16.0 Å². The van der Waals surface area contributed by atoms with Crippen molar-refractivity contribution in [2.24, 2.45) is 5.92 Å². The summed E-state index contributed by atoms with van der Waals surface area (Å²) >= 11 is 0. The van der Waals surface area contributed by atoms with Crippen molar-refractivity contribution < 1.29 is 4.79 Å². The van der Waals surface area contributed by atoms with Gasteiger partial charge in [0.1, 0.15) is 0 Å². The van der Waals surface area contributed by atoms with Gasteiger partial charge in [-0.2, -0.15) is 0 Å². The molecule has 1 fully saturated rings. The smallest absolute Gasteiger partial charge is 0.253 e. The summed E-state index contributed by atoms with van der Waals surface area (Å²) in [5, 5.41) is 4.09. The molecule has 1 saturated carbocycles. The molecule has 0 aliphatic heterocycles. The quantitative estimate of drug-likeness (QED) is 0.731. The van der Waals surface area contributed by atoms with Crippen LogP contribution in [-0.2, 0) is 0 Å². The normalized spacial score (nSPS) is 16.2. The van der Waals surface area contributed by atoms with Gasteiger partial charge in [0.25, 0.3) is 5.91 Å². The number of fused-ring (bicyclic) bond motifs is 1. The van der Waals surface area contributed by atoms with Gasteiger partial charge in [0, 0.05) is 28.8 Å². The number of amides is 1. The van der Waals surface area contributed by atoms with E-state index in [2.05, 4.69) is 17.2 Å². The largest absolute Gasteiger partial charge is 0.399 e. The van der Waals surface area contributed by atoms with Crippen LogP contribution in [0.5, 0.6) is 0 Å². The van der Waals surface area contributed by atoms with Crippen LogP contribution in [0.25, 0.3) is 10.9 Å². The lowest BCUT2D eigenvalue weighted by molar-refractivity contribution is 0.0934. The van der Waals surface area contributed by atoms with E-state index in [-0.39, 0.29) is 11.9 Å². The third-order valence-corrected chi connectivity index (χ3v) is 4.09. The van der Waals surface area contributed by atoms with Crippen LogP contribution in [0.1, 0.15) is 43.0 Å². The lowest BCUT2D eigenvalue weighted by atomic mass is 10.1. The summed E-state index contributed by atoms with van der Waals surface area (Å²) in [6.45, 7) is 2.13. The molecule has 106 valence electrons. The van der Waals surface area contributed by atoms with Crippen molar-refractivity contribution in [2.45, 2.75) is 38.6 Å². The number of nitrogens with one attached hydrogen (secondary N) is 2. The molecule has 1 aliphatic carbocycles. The van der Waals surface area contributed by atoms with Crippen molar-refractivity contribution in [1.29, 1.82) is 0 Å². The molecule has 0 spiro atoms. The monoisotopic (exact) mass is 271 g/mol. The maximum Gasteiger partial charge on any atom is 0.253 e. The van der Waals surface area contributed by atoms with Crippen LogP contribution in [0.3, 0.4) is 0 Å². The van der Waals surface area contributed by atoms with Crippen LogP contribution in [-0.4, -0.2) is 16.9 Å². The molecular formula is C16H21N3O. The third-order valence-electron chi connectivity index (χ3n) is 4.09. The van der Waals surface area contributed by atoms with E-state index in [0.29, 0.717) is 11.3 Å². The molecule has 1 aromatic heterocycles. The minimum Gasteiger partial charge on any atom is -0.399 e. The molecule has 0 bridgehead atoms. The van der Waals surface area contributed by atoms with E-state index in [1.807, 2.05) is 18.2 Å². The molecule has 0 radical (unpaired) electrons. The van der Waals surface area contributed by atoms with E-state index < -0.39 is 0 Å². The Bertz CT molecular complexity index is 628. The van der Waals surface area contributed by atoms with Crippen LogP contribution < -0.4 is 11.1 Å². The third kappa shape index (κ3) is 2.64. The standard InChI is InChI=1S/C16H21N3O/c1-2-12(7-10-3-4-10)19-16(20)14-9-18-15-8-11(17)5-6-13(14)15/h5-6,8-10,12,18H,2-4,7,17H2,1H3,(H,19,20). The number of carbonyl (C=O) groups excluding carboxylic acids is 1. The Hall–Kier alpha value is -1.97. The highest BCUT2D eigenvalue weighted by Crippen LogP contribution is 2.34. The van der Waals surface area contributed by atoms with Crippen molar-refractivity contribution in [3.8, 4) is 0 Å². The van der Waals surface area contributed by atoms with Crippen LogP contribution in [0.2, 0.25) is 0 Å². The fourth-order valence-corrected chi connectivity index (χ4v) is 2.68. The van der Waals surface area contributed by atoms with Crippen LogP contribution in [0, 0.1) is 5.92 Å². The summed E-state index contributed by atoms with van der Waals surface area (Å²) in [7, 11) is 0. The number of H-pyrrole nitrogens is 1. The van der Waals surface area contributed by atoms with Crippen molar-refractivity contribution in [3.05, 3.63) is 30.0 Å². The fourth-order valence-electron chi connectivity index (χ4n) is 2.68. The zero-order valence-electron chi connectivity index (χ0n) is 11.8. The van der Waals surface area contributed by atoms with Crippen LogP contribution in [0.15, 0.2) is 24.4 Å². The number of hydrogen-bond donors (Lipinski definition) is 3. The number of rotatable bonds is 5. The van der Waals surface area contributed by atoms with Crippen LogP contribution >= 0.6 is 0 Å². The molecule has 1 heterocycles. The van der Waals surface area contributed by atoms with E-state index in [1.54, 1.807) is 6.20 Å². The first-order valence-electron chi connectivity index (χ1n) is 7.35. The Morgan fingerprint density at radius 2 is 2.30 bits per heavy atom. The number of anilines is 1. The molecule has 4 heteroatoms. The van der Waals surface area contributed by atoms with Gasteiger partial charge in [0.15, 0.2) is 0 Å². The predicted molar refractivity (Wildman–Crippen MR) is 81.6 cm³/mol. The topological polar surface area (TPSA) is 70.9 Å². The Morgan fingerprint density at radius 1 is 1.50 bits per heavy atom. The molecule has 3 rings (SSSR count). The molecule has 4 N–H and O–H groups in total. The zero-order valence-corrected chi connectivity index (χ0v) is 11.8. The summed E-state index contributed by atoms with van der Waals surface area (Å²) in [4.78, 5) is 15.5. The van der Waals surface area contributed by atoms with Gasteiger partial charge in [-0.3, -0.25) is 4.79 Å². The maximum atomic E-state index is 12.4. The number of carbonyl (C=O) groups is 1. The minimum absolute atomic E-state index is 0.00789. The SMILES string of the molecule is CCC(CC1CC1)NC(=O)c1c[nH]c2cc(N)ccc12. The number of aromatic amines is 1. The first-order valence-corrected chi connectivity index (χ1v) is 7.35. The first-order chi connectivity index (χ1) is 9.67. The summed E-state index contributed by atoms with van der Waals surface area (Å²) in [5.41, 5.74) is 8.06. The molecule has 1 aromatic carbocycles. The lowest BCUT2D eigenvalue weighted by Gasteiger charge is -2.16. The van der Waals surface area contributed by atoms with Gasteiger partial charge >= 0.3 is 0 Å². The molecule has 1 aliphatic rings. The molecular weight excluding hydrogens is 250 g/mol. The van der Waals surface area contributed by atoms with E-state index in [0.717, 1.165) is 29.7 Å². The molecule has 1 amide bonds. The van der Waals surface area contributed by atoms with E-state index >= 15 is 0 Å². The molecule has 4 nitrogen and oxygen atoms in total. The van der Waals surface area contributed by atoms with Crippen molar-refractivity contribution in [3.63, 3.8) is 0 Å². The van der Waals surface area contributed by atoms with Crippen LogP contribution in [0.4, 0.5) is 5.69 Å². The second-order valence-corrected chi connectivity index (χ2v) is 5.77. The van der Waals surface area contributed by atoms with Gasteiger partial charge in [-0.25, -0.2) is 0 Å². The molecule has 1 unspecified atom stereocenters. The number of nitrogens with two attached hydrogens (primary N) is 1. The first kappa shape index (κ1) is 13.0. The summed E-state index contributed by atoms with van der Waals surface area (Å²) in [5.74, 6) is 0.830. The lowest BCUT2D eigenvalue weighted by Crippen LogP contribution is -2.34. The molecule has 20 heavy (non-hydrogen) atoms. The van der Waals surface area contributed by atoms with E-state index in [9.17, 15) is 4.79 Å². The van der Waals surface area contributed by atoms with Gasteiger partial charge in [-0.05, 0) is 37.0 Å². The minimum atomic E-state index is 0.00789. The Labute approximate surface area is 118 Å². The highest BCUT2D eigenvalue weighted by Gasteiger charge is 2.26. The second-order valence-electron chi connectivity index (χ2n) is 5.77. The average molecular weight is 271 g/mol. The Balaban J connectivity index is 1.77. The van der Waals surface area contributed by atoms with Crippen molar-refractivity contribution >= 4 is 22.5 Å². The predicted octanol–water partition coefficient (Wildman–Crippen LogP) is 3.06. The zero-order chi connectivity index (χ0) is 14.1. The number of nitrogen functional groups attached to an aromatic ring is 1. The summed E-state index contributed by atoms with van der Waals surface area (Å²) in [6, 6.07) is 5.87. The van der Waals surface area contributed by atoms with Gasteiger partial charge in [0.05, 0.1) is 5.56 Å². The fraction of sp³-hybridized carbons (Fsp3) is 0.438.